The standard InChI is InChI=1S/C23H19NO3/c1-16(18-7-3-2-4-8-18)27-19-13-11-17(12-14-19)15-24-22(25)20-9-5-6-10-21(20)23(24)26/h2-14,16H,15H2,1H3. The molecule has 0 N–H and O–H groups in total. The monoisotopic (exact) mass is 357 g/mol. The van der Waals surface area contributed by atoms with Crippen LogP contribution in [0.4, 0.5) is 0 Å². The molecule has 4 nitrogen and oxygen atoms in total. The van der Waals surface area contributed by atoms with Gasteiger partial charge in [0.05, 0.1) is 17.7 Å². The summed E-state index contributed by atoms with van der Waals surface area (Å²) < 4.78 is 5.97. The number of carbonyl (C=O) groups excluding carboxylic acids is 2. The second-order valence-electron chi connectivity index (χ2n) is 6.56. The summed E-state index contributed by atoms with van der Waals surface area (Å²) in [7, 11) is 0. The SMILES string of the molecule is CC(Oc1ccc(CN2C(=O)c3ccccc3C2=O)cc1)c1ccccc1. The summed E-state index contributed by atoms with van der Waals surface area (Å²) >= 11 is 0. The van der Waals surface area contributed by atoms with Crippen LogP contribution in [-0.2, 0) is 6.54 Å². The van der Waals surface area contributed by atoms with Crippen LogP contribution in [0.15, 0.2) is 78.9 Å². The van der Waals surface area contributed by atoms with E-state index in [-0.39, 0.29) is 24.5 Å². The Labute approximate surface area is 158 Å². The molecule has 0 saturated heterocycles. The summed E-state index contributed by atoms with van der Waals surface area (Å²) in [6, 6.07) is 24.4. The summed E-state index contributed by atoms with van der Waals surface area (Å²) in [5, 5.41) is 0. The highest BCUT2D eigenvalue weighted by atomic mass is 16.5. The zero-order chi connectivity index (χ0) is 18.8. The minimum absolute atomic E-state index is 0.0618. The second-order valence-corrected chi connectivity index (χ2v) is 6.56. The number of nitrogens with zero attached hydrogens (tertiary/aromatic N) is 1. The Kier molecular flexibility index (Phi) is 4.47. The molecule has 134 valence electrons. The molecule has 0 fully saturated rings. The lowest BCUT2D eigenvalue weighted by atomic mass is 10.1. The molecule has 1 unspecified atom stereocenters. The largest absolute Gasteiger partial charge is 0.486 e. The number of hydrogen-bond acceptors (Lipinski definition) is 3. The fraction of sp³-hybridized carbons (Fsp3) is 0.130. The molecule has 1 aliphatic heterocycles. The molecule has 4 rings (SSSR count). The molecule has 0 spiro atoms. The average Bonchev–Trinajstić information content (AvgIpc) is 2.95. The van der Waals surface area contributed by atoms with Crippen molar-refractivity contribution in [3.05, 3.63) is 101 Å². The van der Waals surface area contributed by atoms with Crippen LogP contribution < -0.4 is 4.74 Å². The van der Waals surface area contributed by atoms with E-state index < -0.39 is 0 Å². The first kappa shape index (κ1) is 17.0. The number of hydrogen-bond donors (Lipinski definition) is 0. The van der Waals surface area contributed by atoms with Gasteiger partial charge >= 0.3 is 0 Å². The Morgan fingerprint density at radius 1 is 0.778 bits per heavy atom. The van der Waals surface area contributed by atoms with Crippen LogP contribution in [0.5, 0.6) is 5.75 Å². The van der Waals surface area contributed by atoms with Crippen LogP contribution >= 0.6 is 0 Å². The van der Waals surface area contributed by atoms with Crippen molar-refractivity contribution in [3.63, 3.8) is 0 Å². The summed E-state index contributed by atoms with van der Waals surface area (Å²) in [6.45, 7) is 2.25. The van der Waals surface area contributed by atoms with Crippen molar-refractivity contribution < 1.29 is 14.3 Å². The zero-order valence-corrected chi connectivity index (χ0v) is 15.0. The fourth-order valence-corrected chi connectivity index (χ4v) is 3.23. The molecule has 0 radical (unpaired) electrons. The quantitative estimate of drug-likeness (QED) is 0.626. The Morgan fingerprint density at radius 3 is 1.93 bits per heavy atom. The molecule has 3 aromatic rings. The van der Waals surface area contributed by atoms with Gasteiger partial charge in [-0.1, -0.05) is 54.6 Å². The lowest BCUT2D eigenvalue weighted by molar-refractivity contribution is 0.0642. The van der Waals surface area contributed by atoms with Gasteiger partial charge in [-0.3, -0.25) is 14.5 Å². The Balaban J connectivity index is 1.44. The van der Waals surface area contributed by atoms with E-state index in [1.807, 2.05) is 61.5 Å². The normalized spacial score (nSPS) is 14.2. The molecule has 3 aromatic carbocycles. The lowest BCUT2D eigenvalue weighted by Crippen LogP contribution is -2.29. The number of ether oxygens (including phenoxy) is 1. The van der Waals surface area contributed by atoms with E-state index >= 15 is 0 Å². The van der Waals surface area contributed by atoms with Gasteiger partial charge in [0, 0.05) is 0 Å². The molecule has 0 bridgehead atoms. The molecule has 2 amide bonds. The van der Waals surface area contributed by atoms with Crippen molar-refractivity contribution in [1.29, 1.82) is 0 Å². The van der Waals surface area contributed by atoms with Crippen molar-refractivity contribution in [3.8, 4) is 5.75 Å². The van der Waals surface area contributed by atoms with Gasteiger partial charge in [0.1, 0.15) is 11.9 Å². The molecule has 0 aliphatic carbocycles. The van der Waals surface area contributed by atoms with Crippen LogP contribution in [0, 0.1) is 0 Å². The van der Waals surface area contributed by atoms with Crippen molar-refractivity contribution in [2.45, 2.75) is 19.6 Å². The maximum absolute atomic E-state index is 12.5. The first-order valence-electron chi connectivity index (χ1n) is 8.89. The van der Waals surface area contributed by atoms with E-state index in [4.69, 9.17) is 4.74 Å². The highest BCUT2D eigenvalue weighted by molar-refractivity contribution is 6.21. The van der Waals surface area contributed by atoms with Gasteiger partial charge < -0.3 is 4.74 Å². The minimum Gasteiger partial charge on any atom is -0.486 e. The van der Waals surface area contributed by atoms with Crippen molar-refractivity contribution in [2.75, 3.05) is 0 Å². The summed E-state index contributed by atoms with van der Waals surface area (Å²) in [6.07, 6.45) is -0.0618. The van der Waals surface area contributed by atoms with Gasteiger partial charge in [-0.2, -0.15) is 0 Å². The predicted molar refractivity (Wildman–Crippen MR) is 103 cm³/mol. The molecule has 4 heteroatoms. The van der Waals surface area contributed by atoms with Crippen molar-refractivity contribution in [2.24, 2.45) is 0 Å². The van der Waals surface area contributed by atoms with E-state index in [0.717, 1.165) is 16.9 Å². The molecule has 1 aliphatic rings. The second kappa shape index (κ2) is 7.08. The Bertz CT molecular complexity index is 945. The van der Waals surface area contributed by atoms with Gasteiger partial charge in [-0.15, -0.1) is 0 Å². The van der Waals surface area contributed by atoms with E-state index in [0.29, 0.717) is 11.1 Å². The highest BCUT2D eigenvalue weighted by Gasteiger charge is 2.34. The van der Waals surface area contributed by atoms with Gasteiger partial charge in [0.15, 0.2) is 0 Å². The maximum atomic E-state index is 12.5. The smallest absolute Gasteiger partial charge is 0.261 e. The summed E-state index contributed by atoms with van der Waals surface area (Å²) in [5.41, 5.74) is 2.93. The third-order valence-corrected chi connectivity index (χ3v) is 4.72. The highest BCUT2D eigenvalue weighted by Crippen LogP contribution is 2.26. The molecule has 1 atom stereocenters. The first-order chi connectivity index (χ1) is 13.1. The Morgan fingerprint density at radius 2 is 1.33 bits per heavy atom. The molecule has 1 heterocycles. The summed E-state index contributed by atoms with van der Waals surface area (Å²) in [5.74, 6) is 0.264. The number of carbonyl (C=O) groups is 2. The molecule has 0 saturated carbocycles. The topological polar surface area (TPSA) is 46.6 Å². The molecule has 0 aromatic heterocycles. The number of rotatable bonds is 5. The van der Waals surface area contributed by atoms with Gasteiger partial charge in [-0.25, -0.2) is 0 Å². The molecular formula is C23H19NO3. The van der Waals surface area contributed by atoms with Crippen LogP contribution in [-0.4, -0.2) is 16.7 Å². The van der Waals surface area contributed by atoms with Gasteiger partial charge in [-0.05, 0) is 42.3 Å². The number of fused-ring (bicyclic) bond motifs is 1. The van der Waals surface area contributed by atoms with Gasteiger partial charge in [0.25, 0.3) is 11.8 Å². The first-order valence-corrected chi connectivity index (χ1v) is 8.89. The van der Waals surface area contributed by atoms with E-state index in [2.05, 4.69) is 0 Å². The lowest BCUT2D eigenvalue weighted by Gasteiger charge is -2.17. The van der Waals surface area contributed by atoms with Crippen LogP contribution in [0.25, 0.3) is 0 Å². The van der Waals surface area contributed by atoms with E-state index in [1.165, 1.54) is 4.90 Å². The van der Waals surface area contributed by atoms with Crippen LogP contribution in [0.1, 0.15) is 44.9 Å². The van der Waals surface area contributed by atoms with Crippen molar-refractivity contribution in [1.82, 2.24) is 4.90 Å². The summed E-state index contributed by atoms with van der Waals surface area (Å²) in [4.78, 5) is 26.2. The molecule has 27 heavy (non-hydrogen) atoms. The van der Waals surface area contributed by atoms with Gasteiger partial charge in [0.2, 0.25) is 0 Å². The number of imide groups is 1. The Hall–Kier alpha value is -3.40. The predicted octanol–water partition coefficient (Wildman–Crippen LogP) is 4.62. The number of amides is 2. The molecular weight excluding hydrogens is 338 g/mol. The third-order valence-electron chi connectivity index (χ3n) is 4.72. The average molecular weight is 357 g/mol. The minimum atomic E-state index is -0.242. The van der Waals surface area contributed by atoms with Crippen LogP contribution in [0.2, 0.25) is 0 Å². The van der Waals surface area contributed by atoms with Crippen LogP contribution in [0.3, 0.4) is 0 Å². The van der Waals surface area contributed by atoms with E-state index in [9.17, 15) is 9.59 Å². The zero-order valence-electron chi connectivity index (χ0n) is 15.0. The number of benzene rings is 3. The van der Waals surface area contributed by atoms with Crippen molar-refractivity contribution >= 4 is 11.8 Å². The maximum Gasteiger partial charge on any atom is 0.261 e. The third kappa shape index (κ3) is 3.34. The fourth-order valence-electron chi connectivity index (χ4n) is 3.23. The van der Waals surface area contributed by atoms with E-state index in [1.54, 1.807) is 24.3 Å².